The van der Waals surface area contributed by atoms with Crippen molar-refractivity contribution in [1.29, 1.82) is 0 Å². The van der Waals surface area contributed by atoms with Crippen LogP contribution in [0.25, 0.3) is 22.0 Å². The number of hydrogen-bond acceptors (Lipinski definition) is 4. The second-order valence-corrected chi connectivity index (χ2v) is 5.82. The van der Waals surface area contributed by atoms with Crippen LogP contribution in [0.4, 0.5) is 4.79 Å². The van der Waals surface area contributed by atoms with Crippen molar-refractivity contribution < 1.29 is 14.3 Å². The molecule has 0 radical (unpaired) electrons. The van der Waals surface area contributed by atoms with Crippen molar-refractivity contribution in [2.45, 2.75) is 12.5 Å². The first kappa shape index (κ1) is 14.6. The van der Waals surface area contributed by atoms with Gasteiger partial charge in [-0.15, -0.1) is 0 Å². The standard InChI is InChI=1S/C18H17N3O3/c1-21-15-4-2-3-12(14(15)10-20-21)11-5-6-13-16(24-18(19)22)7-8-23-17(13)9-11/h2-6,9-10,16H,7-8H2,1H3,(H2,19,22). The van der Waals surface area contributed by atoms with Gasteiger partial charge in [0.1, 0.15) is 11.9 Å². The van der Waals surface area contributed by atoms with Crippen LogP contribution in [-0.4, -0.2) is 22.5 Å². The molecule has 1 amide bonds. The summed E-state index contributed by atoms with van der Waals surface area (Å²) in [5.41, 5.74) is 9.20. The number of rotatable bonds is 2. The van der Waals surface area contributed by atoms with E-state index < -0.39 is 6.09 Å². The number of nitrogens with zero attached hydrogens (tertiary/aromatic N) is 2. The van der Waals surface area contributed by atoms with E-state index in [0.29, 0.717) is 13.0 Å². The molecule has 0 spiro atoms. The van der Waals surface area contributed by atoms with Gasteiger partial charge in [-0.1, -0.05) is 24.3 Å². The zero-order chi connectivity index (χ0) is 16.7. The zero-order valence-corrected chi connectivity index (χ0v) is 13.2. The molecule has 2 heterocycles. The molecule has 0 saturated heterocycles. The molecule has 3 aromatic rings. The van der Waals surface area contributed by atoms with E-state index in [1.807, 2.05) is 48.3 Å². The van der Waals surface area contributed by atoms with E-state index in [-0.39, 0.29) is 6.10 Å². The van der Waals surface area contributed by atoms with Gasteiger partial charge < -0.3 is 15.2 Å². The van der Waals surface area contributed by atoms with Crippen LogP contribution in [-0.2, 0) is 11.8 Å². The fourth-order valence-corrected chi connectivity index (χ4v) is 3.22. The summed E-state index contributed by atoms with van der Waals surface area (Å²) in [5, 5.41) is 5.41. The summed E-state index contributed by atoms with van der Waals surface area (Å²) in [6.45, 7) is 0.492. The van der Waals surface area contributed by atoms with E-state index in [9.17, 15) is 4.79 Å². The van der Waals surface area contributed by atoms with Gasteiger partial charge in [0.05, 0.1) is 18.3 Å². The molecule has 1 unspecified atom stereocenters. The topological polar surface area (TPSA) is 79.4 Å². The van der Waals surface area contributed by atoms with Gasteiger partial charge in [0.25, 0.3) is 0 Å². The molecule has 2 N–H and O–H groups in total. The van der Waals surface area contributed by atoms with Crippen LogP contribution in [0.15, 0.2) is 42.6 Å². The van der Waals surface area contributed by atoms with Crippen LogP contribution in [0.1, 0.15) is 18.1 Å². The quantitative estimate of drug-likeness (QED) is 0.785. The lowest BCUT2D eigenvalue weighted by molar-refractivity contribution is 0.0766. The number of primary amides is 1. The first-order valence-corrected chi connectivity index (χ1v) is 7.77. The summed E-state index contributed by atoms with van der Waals surface area (Å²) < 4.78 is 12.8. The number of fused-ring (bicyclic) bond motifs is 2. The smallest absolute Gasteiger partial charge is 0.405 e. The van der Waals surface area contributed by atoms with E-state index in [4.69, 9.17) is 15.2 Å². The van der Waals surface area contributed by atoms with Gasteiger partial charge in [-0.25, -0.2) is 4.79 Å². The first-order chi connectivity index (χ1) is 11.6. The number of aryl methyl sites for hydroxylation is 1. The van der Waals surface area contributed by atoms with Gasteiger partial charge in [0.2, 0.25) is 0 Å². The van der Waals surface area contributed by atoms with Crippen LogP contribution >= 0.6 is 0 Å². The lowest BCUT2D eigenvalue weighted by Crippen LogP contribution is -2.22. The number of nitrogens with two attached hydrogens (primary N) is 1. The summed E-state index contributed by atoms with van der Waals surface area (Å²) in [6.07, 6.45) is 1.35. The van der Waals surface area contributed by atoms with Gasteiger partial charge in [0, 0.05) is 24.4 Å². The van der Waals surface area contributed by atoms with Gasteiger partial charge in [-0.05, 0) is 23.3 Å². The Morgan fingerprint density at radius 3 is 3.08 bits per heavy atom. The highest BCUT2D eigenvalue weighted by molar-refractivity contribution is 5.94. The van der Waals surface area contributed by atoms with Crippen LogP contribution in [0.5, 0.6) is 5.75 Å². The monoisotopic (exact) mass is 323 g/mol. The molecule has 1 aliphatic rings. The van der Waals surface area contributed by atoms with Crippen molar-refractivity contribution in [3.63, 3.8) is 0 Å². The third-order valence-corrected chi connectivity index (χ3v) is 4.36. The summed E-state index contributed by atoms with van der Waals surface area (Å²) in [6, 6.07) is 12.0. The molecule has 1 atom stereocenters. The average Bonchev–Trinajstić information content (AvgIpc) is 2.96. The average molecular weight is 323 g/mol. The lowest BCUT2D eigenvalue weighted by atomic mass is 9.96. The number of carbonyl (C=O) groups is 1. The molecule has 4 rings (SSSR count). The zero-order valence-electron chi connectivity index (χ0n) is 13.2. The van der Waals surface area contributed by atoms with Crippen LogP contribution in [0.3, 0.4) is 0 Å². The Kier molecular flexibility index (Phi) is 3.37. The third-order valence-electron chi connectivity index (χ3n) is 4.36. The van der Waals surface area contributed by atoms with E-state index >= 15 is 0 Å². The molecule has 1 aromatic heterocycles. The fraction of sp³-hybridized carbons (Fsp3) is 0.222. The summed E-state index contributed by atoms with van der Waals surface area (Å²) in [4.78, 5) is 11.1. The van der Waals surface area contributed by atoms with Crippen LogP contribution in [0.2, 0.25) is 0 Å². The van der Waals surface area contributed by atoms with Crippen molar-refractivity contribution in [2.24, 2.45) is 12.8 Å². The number of carbonyl (C=O) groups excluding carboxylic acids is 1. The predicted molar refractivity (Wildman–Crippen MR) is 89.7 cm³/mol. The highest BCUT2D eigenvalue weighted by Gasteiger charge is 2.24. The van der Waals surface area contributed by atoms with E-state index in [0.717, 1.165) is 33.3 Å². The Morgan fingerprint density at radius 2 is 2.25 bits per heavy atom. The summed E-state index contributed by atoms with van der Waals surface area (Å²) in [5.74, 6) is 0.728. The molecule has 6 nitrogen and oxygen atoms in total. The molecule has 1 aliphatic heterocycles. The first-order valence-electron chi connectivity index (χ1n) is 7.77. The van der Waals surface area contributed by atoms with Crippen molar-refractivity contribution in [3.05, 3.63) is 48.2 Å². The minimum absolute atomic E-state index is 0.352. The van der Waals surface area contributed by atoms with Gasteiger partial charge >= 0.3 is 6.09 Å². The van der Waals surface area contributed by atoms with Gasteiger partial charge in [0.15, 0.2) is 0 Å². The second-order valence-electron chi connectivity index (χ2n) is 5.82. The Labute approximate surface area is 138 Å². The number of amides is 1. The second kappa shape index (κ2) is 5.56. The van der Waals surface area contributed by atoms with Gasteiger partial charge in [-0.3, -0.25) is 4.68 Å². The SMILES string of the molecule is Cn1ncc2c(-c3ccc4c(c3)OCCC4OC(N)=O)cccc21. The number of benzene rings is 2. The molecule has 122 valence electrons. The molecular weight excluding hydrogens is 306 g/mol. The molecule has 24 heavy (non-hydrogen) atoms. The maximum absolute atomic E-state index is 11.1. The maximum atomic E-state index is 11.1. The maximum Gasteiger partial charge on any atom is 0.405 e. The van der Waals surface area contributed by atoms with E-state index in [1.165, 1.54) is 0 Å². The van der Waals surface area contributed by atoms with E-state index in [2.05, 4.69) is 11.2 Å². The Balaban J connectivity index is 1.79. The summed E-state index contributed by atoms with van der Waals surface area (Å²) in [7, 11) is 1.92. The van der Waals surface area contributed by atoms with Crippen molar-refractivity contribution in [1.82, 2.24) is 9.78 Å². The fourth-order valence-electron chi connectivity index (χ4n) is 3.22. The molecule has 0 saturated carbocycles. The summed E-state index contributed by atoms with van der Waals surface area (Å²) >= 11 is 0. The molecule has 0 bridgehead atoms. The molecule has 2 aromatic carbocycles. The van der Waals surface area contributed by atoms with Crippen molar-refractivity contribution in [3.8, 4) is 16.9 Å². The van der Waals surface area contributed by atoms with Crippen molar-refractivity contribution >= 4 is 17.0 Å². The van der Waals surface area contributed by atoms with Gasteiger partial charge in [-0.2, -0.15) is 5.10 Å². The van der Waals surface area contributed by atoms with Crippen LogP contribution < -0.4 is 10.5 Å². The number of hydrogen-bond donors (Lipinski definition) is 1. The molecule has 0 aliphatic carbocycles. The molecule has 0 fully saturated rings. The molecular formula is C18H17N3O3. The van der Waals surface area contributed by atoms with Crippen molar-refractivity contribution in [2.75, 3.05) is 6.61 Å². The minimum Gasteiger partial charge on any atom is -0.493 e. The Bertz CT molecular complexity index is 932. The predicted octanol–water partition coefficient (Wildman–Crippen LogP) is 3.16. The minimum atomic E-state index is -0.767. The highest BCUT2D eigenvalue weighted by Crippen LogP contribution is 2.38. The number of aromatic nitrogens is 2. The lowest BCUT2D eigenvalue weighted by Gasteiger charge is -2.25. The third kappa shape index (κ3) is 2.36. The normalized spacial score (nSPS) is 16.5. The van der Waals surface area contributed by atoms with Crippen LogP contribution in [0, 0.1) is 0 Å². The Hall–Kier alpha value is -3.02. The Morgan fingerprint density at radius 1 is 1.38 bits per heavy atom. The largest absolute Gasteiger partial charge is 0.493 e. The molecule has 6 heteroatoms. The highest BCUT2D eigenvalue weighted by atomic mass is 16.6. The van der Waals surface area contributed by atoms with E-state index in [1.54, 1.807) is 0 Å². The number of ether oxygens (including phenoxy) is 2.